The summed E-state index contributed by atoms with van der Waals surface area (Å²) < 4.78 is 17.6. The molecular weight excluding hydrogens is 1020 g/mol. The monoisotopic (exact) mass is 1100 g/mol. The molecule has 13 atom stereocenters. The molecule has 1 aromatic heterocycles. The molecule has 0 amide bonds. The van der Waals surface area contributed by atoms with Gasteiger partial charge in [-0.1, -0.05) is 93.7 Å². The Morgan fingerprint density at radius 2 is 1.83 bits per heavy atom. The number of aromatic hydroxyl groups is 1. The van der Waals surface area contributed by atoms with E-state index in [-0.39, 0.29) is 30.0 Å². The molecule has 2 aromatic rings. The second kappa shape index (κ2) is 20.9. The van der Waals surface area contributed by atoms with Crippen LogP contribution in [0, 0.1) is 55.3 Å². The number of allylic oxidation sites excluding steroid dienone is 8. The molecule has 9 rings (SSSR count). The summed E-state index contributed by atoms with van der Waals surface area (Å²) in [5, 5.41) is 63.1. The molecule has 0 radical (unpaired) electrons. The zero-order chi connectivity index (χ0) is 51.4. The standard InChI is InChI=1S/C27H44O2.C22H29FO5.C9H5ClINO/c1-19-10-13-23(28)18-22(19)12-11-21-9-7-17-27(5)24(14-15-25(21)27)20(2)8-6-16-26(3,4)29;1-12-8-16-15-5-4-13-9-14(25)6-7-19(13,2)21(15,23)17(26)10-20(16,3)22(12,28)18(27)11-24;10-6-4-7(11)9(13)8-5(6)2-1-3-12-8/h11-12,20,23-25,28-29H,1,6-10,13-18H2,2-5H3;6-7,9,12,15-17,24,26,28H,4-5,8,10-11H2,1-3H3;1-4,13H/b21-11+,22-12-;;/t20-,23+,24-,25+,27-;12-,15-,16-,17-,19-,20-,21-,22-;/m10./s1. The van der Waals surface area contributed by atoms with Crippen molar-refractivity contribution in [3.8, 4) is 5.75 Å². The first-order valence-electron chi connectivity index (χ1n) is 25.8. The maximum absolute atomic E-state index is 16.9. The van der Waals surface area contributed by atoms with Crippen molar-refractivity contribution in [1.82, 2.24) is 4.98 Å². The zero-order valence-electron chi connectivity index (χ0n) is 42.4. The minimum atomic E-state index is -1.98. The molecule has 9 nitrogen and oxygen atoms in total. The number of aliphatic hydroxyl groups is 5. The number of fused-ring (bicyclic) bond motifs is 7. The first-order valence-corrected chi connectivity index (χ1v) is 27.3. The van der Waals surface area contributed by atoms with E-state index in [1.165, 1.54) is 61.8 Å². The molecule has 6 saturated carbocycles. The molecule has 1 aromatic carbocycles. The summed E-state index contributed by atoms with van der Waals surface area (Å²) >= 11 is 8.00. The number of nitrogens with zero attached hydrogens (tertiary/aromatic N) is 1. The number of ketones is 2. The highest BCUT2D eigenvalue weighted by atomic mass is 127. The Morgan fingerprint density at radius 1 is 1.10 bits per heavy atom. The number of Topliss-reactive ketones (excluding diaryl/α,β-unsaturated/α-hetero) is 1. The fourth-order valence-electron chi connectivity index (χ4n) is 15.1. The zero-order valence-corrected chi connectivity index (χ0v) is 45.3. The van der Waals surface area contributed by atoms with E-state index in [9.17, 15) is 40.2 Å². The van der Waals surface area contributed by atoms with Gasteiger partial charge in [-0.15, -0.1) is 0 Å². The van der Waals surface area contributed by atoms with E-state index in [4.69, 9.17) is 11.6 Å². The number of carbonyl (C=O) groups is 2. The number of alkyl halides is 1. The first kappa shape index (κ1) is 55.0. The van der Waals surface area contributed by atoms with Crippen LogP contribution in [0.4, 0.5) is 4.39 Å². The average molecular weight is 1100 g/mol. The summed E-state index contributed by atoms with van der Waals surface area (Å²) in [4.78, 5) is 28.4. The summed E-state index contributed by atoms with van der Waals surface area (Å²) in [5.41, 5.74) is -0.595. The number of carbonyl (C=O) groups excluding carboxylic acids is 2. The van der Waals surface area contributed by atoms with Crippen LogP contribution in [0.1, 0.15) is 145 Å². The van der Waals surface area contributed by atoms with Gasteiger partial charge in [0.1, 0.15) is 17.7 Å². The van der Waals surface area contributed by atoms with Gasteiger partial charge in [0.2, 0.25) is 0 Å². The first-order chi connectivity index (χ1) is 32.8. The summed E-state index contributed by atoms with van der Waals surface area (Å²) in [6.45, 7) is 17.6. The minimum Gasteiger partial charge on any atom is -0.505 e. The van der Waals surface area contributed by atoms with E-state index in [0.717, 1.165) is 55.2 Å². The van der Waals surface area contributed by atoms with Gasteiger partial charge < -0.3 is 30.6 Å². The molecule has 0 bridgehead atoms. The van der Waals surface area contributed by atoms with Crippen LogP contribution in [-0.2, 0) is 9.59 Å². The Kier molecular flexibility index (Phi) is 16.4. The normalized spacial score (nSPS) is 38.4. The number of phenols is 1. The van der Waals surface area contributed by atoms with E-state index < -0.39 is 58.0 Å². The largest absolute Gasteiger partial charge is 0.505 e. The smallest absolute Gasteiger partial charge is 0.190 e. The van der Waals surface area contributed by atoms with Crippen molar-refractivity contribution in [2.45, 2.75) is 174 Å². The van der Waals surface area contributed by atoms with Crippen molar-refractivity contribution >= 4 is 56.7 Å². The number of halogens is 3. The van der Waals surface area contributed by atoms with Crippen molar-refractivity contribution < 1.29 is 44.6 Å². The van der Waals surface area contributed by atoms with Crippen LogP contribution in [0.2, 0.25) is 5.02 Å². The molecule has 0 saturated heterocycles. The van der Waals surface area contributed by atoms with Gasteiger partial charge in [-0.2, -0.15) is 0 Å². The lowest BCUT2D eigenvalue weighted by Gasteiger charge is -2.62. The third kappa shape index (κ3) is 9.85. The molecule has 0 aliphatic heterocycles. The molecule has 384 valence electrons. The molecule has 0 unspecified atom stereocenters. The third-order valence-corrected chi connectivity index (χ3v) is 20.1. The van der Waals surface area contributed by atoms with Crippen LogP contribution in [0.15, 0.2) is 83.6 Å². The highest BCUT2D eigenvalue weighted by Gasteiger charge is 2.75. The Labute approximate surface area is 434 Å². The van der Waals surface area contributed by atoms with E-state index in [0.29, 0.717) is 44.4 Å². The lowest BCUT2D eigenvalue weighted by atomic mass is 9.44. The van der Waals surface area contributed by atoms with Crippen LogP contribution in [0.25, 0.3) is 10.9 Å². The second-order valence-electron chi connectivity index (χ2n) is 23.5. The number of aromatic nitrogens is 1. The molecular formula is C58H78ClFINO8. The van der Waals surface area contributed by atoms with Gasteiger partial charge in [-0.3, -0.25) is 14.6 Å². The van der Waals surface area contributed by atoms with Gasteiger partial charge in [-0.25, -0.2) is 4.39 Å². The Hall–Kier alpha value is -2.78. The number of benzene rings is 1. The molecule has 0 spiro atoms. The van der Waals surface area contributed by atoms with Crippen LogP contribution in [-0.4, -0.2) is 82.9 Å². The summed E-state index contributed by atoms with van der Waals surface area (Å²) in [6, 6.07) is 5.35. The maximum Gasteiger partial charge on any atom is 0.190 e. The average Bonchev–Trinajstić information content (AvgIpc) is 3.76. The van der Waals surface area contributed by atoms with Gasteiger partial charge in [0.05, 0.1) is 26.4 Å². The molecule has 7 aliphatic rings. The molecule has 12 heteroatoms. The second-order valence-corrected chi connectivity index (χ2v) is 25.1. The van der Waals surface area contributed by atoms with Gasteiger partial charge in [0.25, 0.3) is 0 Å². The molecule has 70 heavy (non-hydrogen) atoms. The topological polar surface area (TPSA) is 168 Å². The summed E-state index contributed by atoms with van der Waals surface area (Å²) in [6.07, 6.45) is 23.0. The number of rotatable bonds is 8. The highest BCUT2D eigenvalue weighted by molar-refractivity contribution is 14.1. The van der Waals surface area contributed by atoms with Gasteiger partial charge in [0, 0.05) is 28.3 Å². The number of phenolic OH excluding ortho intramolecular Hbond substituents is 1. The van der Waals surface area contributed by atoms with Gasteiger partial charge >= 0.3 is 0 Å². The number of hydrogen-bond acceptors (Lipinski definition) is 9. The maximum atomic E-state index is 16.9. The number of hydrogen-bond donors (Lipinski definition) is 6. The summed E-state index contributed by atoms with van der Waals surface area (Å²) in [7, 11) is 0. The SMILES string of the molecule is C=C1CC[C@H](O)C/C1=C/C=C1\CCC[C@]2(C)[C@@H]([C@H](C)CCCC(C)(C)O)CC[C@@H]12.C[C@H]1C[C@H]2[C@@H]3CCC4=CC(=O)C=C[C@]4(C)[C@@]3(F)[C@@H](O)C[C@]2(C)[C@@]1(O)C(=O)CO.Oc1c(I)cc(Cl)c2cccnc12. The van der Waals surface area contributed by atoms with E-state index in [1.807, 2.05) is 42.5 Å². The van der Waals surface area contributed by atoms with Gasteiger partial charge in [0.15, 0.2) is 23.0 Å². The summed E-state index contributed by atoms with van der Waals surface area (Å²) in [5.74, 6) is 0.332. The molecule has 7 aliphatic carbocycles. The van der Waals surface area contributed by atoms with Crippen LogP contribution >= 0.6 is 34.2 Å². The lowest BCUT2D eigenvalue weighted by Crippen LogP contribution is -2.69. The van der Waals surface area contributed by atoms with Crippen LogP contribution in [0.5, 0.6) is 5.75 Å². The predicted molar refractivity (Wildman–Crippen MR) is 284 cm³/mol. The number of aliphatic hydroxyl groups excluding tert-OH is 3. The van der Waals surface area contributed by atoms with Crippen molar-refractivity contribution in [2.75, 3.05) is 6.61 Å². The lowest BCUT2D eigenvalue weighted by molar-refractivity contribution is -0.219. The Balaban J connectivity index is 0.000000165. The predicted octanol–water partition coefficient (Wildman–Crippen LogP) is 11.8. The van der Waals surface area contributed by atoms with Crippen molar-refractivity contribution in [3.05, 3.63) is 92.2 Å². The molecule has 6 N–H and O–H groups in total. The van der Waals surface area contributed by atoms with E-state index in [2.05, 4.69) is 37.6 Å². The minimum absolute atomic E-state index is 0.0676. The highest BCUT2D eigenvalue weighted by Crippen LogP contribution is 2.71. The Bertz CT molecular complexity index is 2460. The molecule has 1 heterocycles. The van der Waals surface area contributed by atoms with Crippen molar-refractivity contribution in [2.24, 2.45) is 51.8 Å². The van der Waals surface area contributed by atoms with E-state index >= 15 is 4.39 Å². The van der Waals surface area contributed by atoms with Gasteiger partial charge in [-0.05, 0) is 198 Å². The Morgan fingerprint density at radius 3 is 2.53 bits per heavy atom. The quantitative estimate of drug-likeness (QED) is 0.141. The number of pyridine rings is 1. The fraction of sp³-hybridized carbons (Fsp3) is 0.638. The molecule has 6 fully saturated rings. The fourth-order valence-corrected chi connectivity index (χ4v) is 16.1. The van der Waals surface area contributed by atoms with Crippen LogP contribution in [0.3, 0.4) is 0 Å². The van der Waals surface area contributed by atoms with E-state index in [1.54, 1.807) is 50.7 Å². The van der Waals surface area contributed by atoms with Crippen molar-refractivity contribution in [3.63, 3.8) is 0 Å². The van der Waals surface area contributed by atoms with Crippen molar-refractivity contribution in [1.29, 1.82) is 0 Å². The third-order valence-electron chi connectivity index (χ3n) is 18.9. The van der Waals surface area contributed by atoms with Crippen LogP contribution < -0.4 is 0 Å².